The van der Waals surface area contributed by atoms with Crippen molar-refractivity contribution >= 4 is 34.5 Å². The highest BCUT2D eigenvalue weighted by molar-refractivity contribution is 6.30. The summed E-state index contributed by atoms with van der Waals surface area (Å²) in [4.78, 5) is 30.9. The van der Waals surface area contributed by atoms with Crippen molar-refractivity contribution in [3.8, 4) is 0 Å². The lowest BCUT2D eigenvalue weighted by atomic mass is 9.87. The number of piperazine rings is 1. The highest BCUT2D eigenvalue weighted by Gasteiger charge is 2.41. The standard InChI is InChI=1S/C18H22ClN3O3/c1-17(2,3)10-8-13(19)21-11-9-12(25-14(10)11)15(23)22-7-6-20-16(24)18(22,4)5/h8-9H,6-7H2,1-5H3,(H,20,24). The predicted molar refractivity (Wildman–Crippen MR) is 95.8 cm³/mol. The summed E-state index contributed by atoms with van der Waals surface area (Å²) in [5.41, 5.74) is 0.830. The van der Waals surface area contributed by atoms with E-state index < -0.39 is 5.54 Å². The van der Waals surface area contributed by atoms with Crippen LogP contribution in [-0.2, 0) is 10.2 Å². The van der Waals surface area contributed by atoms with E-state index in [2.05, 4.69) is 10.3 Å². The molecule has 1 aliphatic rings. The fourth-order valence-corrected chi connectivity index (χ4v) is 3.24. The van der Waals surface area contributed by atoms with Crippen molar-refractivity contribution in [3.63, 3.8) is 0 Å². The Morgan fingerprint density at radius 2 is 2.04 bits per heavy atom. The molecule has 0 atom stereocenters. The number of hydrogen-bond donors (Lipinski definition) is 1. The lowest BCUT2D eigenvalue weighted by Gasteiger charge is -2.40. The van der Waals surface area contributed by atoms with Gasteiger partial charge in [-0.2, -0.15) is 0 Å². The van der Waals surface area contributed by atoms with Crippen LogP contribution < -0.4 is 5.32 Å². The molecule has 1 saturated heterocycles. The number of pyridine rings is 1. The zero-order valence-electron chi connectivity index (χ0n) is 15.1. The smallest absolute Gasteiger partial charge is 0.290 e. The van der Waals surface area contributed by atoms with E-state index >= 15 is 0 Å². The third kappa shape index (κ3) is 2.99. The van der Waals surface area contributed by atoms with E-state index in [-0.39, 0.29) is 23.0 Å². The number of amides is 2. The molecule has 0 aromatic carbocycles. The van der Waals surface area contributed by atoms with E-state index in [4.69, 9.17) is 16.0 Å². The number of carbonyl (C=O) groups is 2. The number of hydrogen-bond acceptors (Lipinski definition) is 4. The maximum atomic E-state index is 13.0. The Kier molecular flexibility index (Phi) is 4.06. The molecule has 2 amide bonds. The van der Waals surface area contributed by atoms with Gasteiger partial charge >= 0.3 is 0 Å². The zero-order valence-corrected chi connectivity index (χ0v) is 15.8. The summed E-state index contributed by atoms with van der Waals surface area (Å²) in [5, 5.41) is 3.13. The Morgan fingerprint density at radius 3 is 2.68 bits per heavy atom. The lowest BCUT2D eigenvalue weighted by molar-refractivity contribution is -0.133. The normalized spacial score (nSPS) is 17.7. The fourth-order valence-electron chi connectivity index (χ4n) is 3.04. The van der Waals surface area contributed by atoms with Gasteiger partial charge in [-0.05, 0) is 25.3 Å². The fraction of sp³-hybridized carbons (Fsp3) is 0.500. The Balaban J connectivity index is 2.08. The average molecular weight is 364 g/mol. The molecule has 0 bridgehead atoms. The molecule has 1 aliphatic heterocycles. The van der Waals surface area contributed by atoms with Gasteiger partial charge in [0.2, 0.25) is 5.91 Å². The number of aromatic nitrogens is 1. The summed E-state index contributed by atoms with van der Waals surface area (Å²) in [6.07, 6.45) is 0. The van der Waals surface area contributed by atoms with Gasteiger partial charge in [0.25, 0.3) is 5.91 Å². The monoisotopic (exact) mass is 363 g/mol. The van der Waals surface area contributed by atoms with E-state index in [0.717, 1.165) is 5.56 Å². The molecule has 7 heteroatoms. The quantitative estimate of drug-likeness (QED) is 0.790. The van der Waals surface area contributed by atoms with Crippen LogP contribution in [0, 0.1) is 0 Å². The van der Waals surface area contributed by atoms with Crippen molar-refractivity contribution in [1.29, 1.82) is 0 Å². The summed E-state index contributed by atoms with van der Waals surface area (Å²) in [5.74, 6) is -0.341. The molecule has 3 heterocycles. The topological polar surface area (TPSA) is 75.4 Å². The van der Waals surface area contributed by atoms with Crippen molar-refractivity contribution < 1.29 is 14.0 Å². The zero-order chi connectivity index (χ0) is 18.6. The first-order chi connectivity index (χ1) is 11.5. The van der Waals surface area contributed by atoms with Crippen LogP contribution in [0.3, 0.4) is 0 Å². The molecule has 134 valence electrons. The molecule has 0 spiro atoms. The van der Waals surface area contributed by atoms with Gasteiger partial charge in [-0.3, -0.25) is 9.59 Å². The number of nitrogens with one attached hydrogen (secondary N) is 1. The minimum Gasteiger partial charge on any atom is -0.449 e. The van der Waals surface area contributed by atoms with Crippen LogP contribution in [0.1, 0.15) is 50.7 Å². The number of fused-ring (bicyclic) bond motifs is 1. The Morgan fingerprint density at radius 1 is 1.36 bits per heavy atom. The van der Waals surface area contributed by atoms with Gasteiger partial charge < -0.3 is 14.6 Å². The van der Waals surface area contributed by atoms with Crippen molar-refractivity contribution in [2.24, 2.45) is 0 Å². The van der Waals surface area contributed by atoms with Crippen LogP contribution in [-0.4, -0.2) is 40.3 Å². The largest absolute Gasteiger partial charge is 0.449 e. The van der Waals surface area contributed by atoms with Crippen LogP contribution in [0.5, 0.6) is 0 Å². The summed E-state index contributed by atoms with van der Waals surface area (Å²) in [6, 6.07) is 3.36. The maximum absolute atomic E-state index is 13.0. The van der Waals surface area contributed by atoms with E-state index in [9.17, 15) is 9.59 Å². The first-order valence-corrected chi connectivity index (χ1v) is 8.60. The lowest BCUT2D eigenvalue weighted by Crippen LogP contribution is -2.63. The second-order valence-corrected chi connectivity index (χ2v) is 8.23. The number of rotatable bonds is 1. The summed E-state index contributed by atoms with van der Waals surface area (Å²) in [7, 11) is 0. The van der Waals surface area contributed by atoms with Crippen molar-refractivity contribution in [2.75, 3.05) is 13.1 Å². The molecule has 0 unspecified atom stereocenters. The molecule has 2 aromatic rings. The summed E-state index contributed by atoms with van der Waals surface area (Å²) in [6.45, 7) is 10.4. The minimum atomic E-state index is -0.938. The highest BCUT2D eigenvalue weighted by Crippen LogP contribution is 2.34. The highest BCUT2D eigenvalue weighted by atomic mass is 35.5. The molecular formula is C18H22ClN3O3. The van der Waals surface area contributed by atoms with E-state index in [1.807, 2.05) is 20.8 Å². The van der Waals surface area contributed by atoms with Gasteiger partial charge in [-0.15, -0.1) is 0 Å². The average Bonchev–Trinajstić information content (AvgIpc) is 2.91. The van der Waals surface area contributed by atoms with E-state index in [0.29, 0.717) is 29.3 Å². The summed E-state index contributed by atoms with van der Waals surface area (Å²) >= 11 is 6.13. The predicted octanol–water partition coefficient (Wildman–Crippen LogP) is 3.13. The minimum absolute atomic E-state index is 0.165. The maximum Gasteiger partial charge on any atom is 0.290 e. The number of carbonyl (C=O) groups excluding carboxylic acids is 2. The van der Waals surface area contributed by atoms with Crippen molar-refractivity contribution in [3.05, 3.63) is 28.6 Å². The van der Waals surface area contributed by atoms with Crippen LogP contribution in [0.4, 0.5) is 0 Å². The Hall–Kier alpha value is -2.08. The second-order valence-electron chi connectivity index (χ2n) is 7.84. The van der Waals surface area contributed by atoms with Gasteiger partial charge in [0.05, 0.1) is 0 Å². The second kappa shape index (κ2) is 5.73. The summed E-state index contributed by atoms with van der Waals surface area (Å²) < 4.78 is 5.88. The first-order valence-electron chi connectivity index (χ1n) is 8.22. The molecule has 6 nitrogen and oxygen atoms in total. The van der Waals surface area contributed by atoms with Crippen LogP contribution in [0.25, 0.3) is 11.1 Å². The SMILES string of the molecule is CC(C)(C)c1cc(Cl)nc2cc(C(=O)N3CCNC(=O)C3(C)C)oc12. The van der Waals surface area contributed by atoms with Crippen molar-refractivity contribution in [1.82, 2.24) is 15.2 Å². The molecule has 1 fully saturated rings. The Labute approximate surface area is 151 Å². The third-order valence-electron chi connectivity index (χ3n) is 4.56. The molecule has 0 saturated carbocycles. The molecule has 0 radical (unpaired) electrons. The molecule has 0 aliphatic carbocycles. The first kappa shape index (κ1) is 17.7. The Bertz CT molecular complexity index is 864. The van der Waals surface area contributed by atoms with Crippen molar-refractivity contribution in [2.45, 2.75) is 45.6 Å². The molecule has 1 N–H and O–H groups in total. The molecule has 2 aromatic heterocycles. The van der Waals surface area contributed by atoms with Gasteiger partial charge in [0.15, 0.2) is 11.3 Å². The number of halogens is 1. The van der Waals surface area contributed by atoms with Crippen LogP contribution in [0.15, 0.2) is 16.5 Å². The van der Waals surface area contributed by atoms with Gasteiger partial charge in [-0.1, -0.05) is 32.4 Å². The van der Waals surface area contributed by atoms with E-state index in [1.165, 1.54) is 4.90 Å². The molecule has 25 heavy (non-hydrogen) atoms. The van der Waals surface area contributed by atoms with Crippen LogP contribution in [0.2, 0.25) is 5.15 Å². The number of furan rings is 1. The molecule has 3 rings (SSSR count). The van der Waals surface area contributed by atoms with Crippen LogP contribution >= 0.6 is 11.6 Å². The van der Waals surface area contributed by atoms with Gasteiger partial charge in [-0.25, -0.2) is 4.98 Å². The van der Waals surface area contributed by atoms with Gasteiger partial charge in [0, 0.05) is 24.7 Å². The van der Waals surface area contributed by atoms with E-state index in [1.54, 1.807) is 26.0 Å². The molecular weight excluding hydrogens is 342 g/mol. The van der Waals surface area contributed by atoms with Gasteiger partial charge in [0.1, 0.15) is 16.2 Å². The third-order valence-corrected chi connectivity index (χ3v) is 4.76. The number of nitrogens with zero attached hydrogens (tertiary/aromatic N) is 2.